The monoisotopic (exact) mass is 328 g/mol. The molecule has 24 heavy (non-hydrogen) atoms. The fourth-order valence-electron chi connectivity index (χ4n) is 2.78. The zero-order chi connectivity index (χ0) is 17.4. The van der Waals surface area contributed by atoms with Gasteiger partial charge in [-0.15, -0.1) is 0 Å². The van der Waals surface area contributed by atoms with E-state index in [1.165, 1.54) is 21.3 Å². The van der Waals surface area contributed by atoms with Crippen molar-refractivity contribution < 1.29 is 23.4 Å². The number of carbonyl (C=O) groups excluding carboxylic acids is 1. The molecule has 0 spiro atoms. The number of fused-ring (bicyclic) bond motifs is 2. The maximum Gasteiger partial charge on any atom is 0.342 e. The molecule has 0 radical (unpaired) electrons. The minimum atomic E-state index is -0.671. The van der Waals surface area contributed by atoms with Crippen LogP contribution in [-0.2, 0) is 4.74 Å². The lowest BCUT2D eigenvalue weighted by atomic mass is 10.0. The van der Waals surface area contributed by atoms with Crippen LogP contribution in [0, 0.1) is 6.92 Å². The van der Waals surface area contributed by atoms with Crippen LogP contribution in [0.25, 0.3) is 21.9 Å². The number of hydrogen-bond donors (Lipinski definition) is 0. The lowest BCUT2D eigenvalue weighted by molar-refractivity contribution is 0.0599. The van der Waals surface area contributed by atoms with E-state index < -0.39 is 5.97 Å². The van der Waals surface area contributed by atoms with Crippen LogP contribution in [-0.4, -0.2) is 27.3 Å². The van der Waals surface area contributed by atoms with Crippen LogP contribution in [0.3, 0.4) is 0 Å². The van der Waals surface area contributed by atoms with Crippen LogP contribution in [0.15, 0.2) is 33.5 Å². The van der Waals surface area contributed by atoms with Gasteiger partial charge in [0.05, 0.1) is 26.7 Å². The van der Waals surface area contributed by atoms with E-state index in [9.17, 15) is 9.59 Å². The molecular weight excluding hydrogens is 312 g/mol. The van der Waals surface area contributed by atoms with Crippen molar-refractivity contribution in [1.82, 2.24) is 0 Å². The van der Waals surface area contributed by atoms with E-state index in [2.05, 4.69) is 0 Å². The summed E-state index contributed by atoms with van der Waals surface area (Å²) in [7, 11) is 4.14. The Morgan fingerprint density at radius 1 is 0.958 bits per heavy atom. The van der Waals surface area contributed by atoms with Crippen LogP contribution in [0.2, 0.25) is 0 Å². The van der Waals surface area contributed by atoms with Crippen LogP contribution in [0.4, 0.5) is 0 Å². The highest BCUT2D eigenvalue weighted by Gasteiger charge is 2.23. The van der Waals surface area contributed by atoms with E-state index in [-0.39, 0.29) is 33.1 Å². The average molecular weight is 328 g/mol. The summed E-state index contributed by atoms with van der Waals surface area (Å²) in [5, 5.41) is 0.379. The molecule has 0 aliphatic carbocycles. The van der Waals surface area contributed by atoms with Gasteiger partial charge >= 0.3 is 5.97 Å². The molecule has 0 aliphatic rings. The molecular formula is C18H16O6. The van der Waals surface area contributed by atoms with Crippen LogP contribution < -0.4 is 14.9 Å². The third-order valence-electron chi connectivity index (χ3n) is 3.84. The quantitative estimate of drug-likeness (QED) is 0.543. The van der Waals surface area contributed by atoms with Crippen molar-refractivity contribution in [3.8, 4) is 11.5 Å². The lowest BCUT2D eigenvalue weighted by Gasteiger charge is -2.12. The number of carbonyl (C=O) groups is 1. The van der Waals surface area contributed by atoms with Gasteiger partial charge in [0.15, 0.2) is 0 Å². The maximum absolute atomic E-state index is 13.1. The number of methoxy groups -OCH3 is 3. The fraction of sp³-hybridized carbons (Fsp3) is 0.222. The SMILES string of the molecule is COC(=O)c1c(OC)ccc2oc3cc(C)cc(OC)c3c(=O)c12. The molecule has 3 rings (SSSR count). The van der Waals surface area contributed by atoms with E-state index in [4.69, 9.17) is 18.6 Å². The number of benzene rings is 2. The summed E-state index contributed by atoms with van der Waals surface area (Å²) in [4.78, 5) is 25.3. The summed E-state index contributed by atoms with van der Waals surface area (Å²) in [6.45, 7) is 1.88. The first kappa shape index (κ1) is 15.9. The molecule has 6 heteroatoms. The van der Waals surface area contributed by atoms with Crippen molar-refractivity contribution in [3.05, 3.63) is 45.6 Å². The average Bonchev–Trinajstić information content (AvgIpc) is 2.59. The fourth-order valence-corrected chi connectivity index (χ4v) is 2.78. The van der Waals surface area contributed by atoms with Gasteiger partial charge in [-0.25, -0.2) is 4.79 Å². The predicted molar refractivity (Wildman–Crippen MR) is 89.2 cm³/mol. The molecule has 6 nitrogen and oxygen atoms in total. The van der Waals surface area contributed by atoms with Crippen molar-refractivity contribution in [2.45, 2.75) is 6.92 Å². The summed E-state index contributed by atoms with van der Waals surface area (Å²) in [5.74, 6) is -0.0402. The Morgan fingerprint density at radius 3 is 2.29 bits per heavy atom. The molecule has 1 heterocycles. The molecule has 0 atom stereocenters. The first-order chi connectivity index (χ1) is 11.5. The largest absolute Gasteiger partial charge is 0.496 e. The van der Waals surface area contributed by atoms with Crippen molar-refractivity contribution in [1.29, 1.82) is 0 Å². The van der Waals surface area contributed by atoms with Crippen molar-refractivity contribution in [3.63, 3.8) is 0 Å². The highest BCUT2D eigenvalue weighted by atomic mass is 16.5. The van der Waals surface area contributed by atoms with Gasteiger partial charge in [0, 0.05) is 0 Å². The molecule has 0 amide bonds. The van der Waals surface area contributed by atoms with Crippen LogP contribution in [0.5, 0.6) is 11.5 Å². The van der Waals surface area contributed by atoms with Gasteiger partial charge in [-0.3, -0.25) is 4.79 Å². The van der Waals surface area contributed by atoms with Gasteiger partial charge in [-0.2, -0.15) is 0 Å². The van der Waals surface area contributed by atoms with Gasteiger partial charge in [0.2, 0.25) is 5.43 Å². The maximum atomic E-state index is 13.1. The van der Waals surface area contributed by atoms with Crippen LogP contribution >= 0.6 is 0 Å². The molecule has 0 fully saturated rings. The Morgan fingerprint density at radius 2 is 1.67 bits per heavy atom. The first-order valence-electron chi connectivity index (χ1n) is 7.22. The summed E-state index contributed by atoms with van der Waals surface area (Å²) >= 11 is 0. The third-order valence-corrected chi connectivity index (χ3v) is 3.84. The Balaban J connectivity index is 2.58. The molecule has 0 bridgehead atoms. The first-order valence-corrected chi connectivity index (χ1v) is 7.22. The predicted octanol–water partition coefficient (Wildman–Crippen LogP) is 3.06. The number of hydrogen-bond acceptors (Lipinski definition) is 6. The number of ether oxygens (including phenoxy) is 3. The standard InChI is InChI=1S/C18H16O6/c1-9-7-12(22-3)14-13(8-9)24-11-6-5-10(21-2)16(18(20)23-4)15(11)17(14)19/h5-8H,1-4H3. The summed E-state index contributed by atoms with van der Waals surface area (Å²) in [6.07, 6.45) is 0. The highest BCUT2D eigenvalue weighted by molar-refractivity contribution is 6.08. The smallest absolute Gasteiger partial charge is 0.342 e. The molecule has 2 aromatic carbocycles. The minimum absolute atomic E-state index is 0.0378. The lowest BCUT2D eigenvalue weighted by Crippen LogP contribution is -2.12. The normalized spacial score (nSPS) is 10.8. The summed E-state index contributed by atoms with van der Waals surface area (Å²) in [5.41, 5.74) is 1.23. The molecule has 1 aromatic heterocycles. The highest BCUT2D eigenvalue weighted by Crippen LogP contribution is 2.32. The molecule has 0 N–H and O–H groups in total. The van der Waals surface area contributed by atoms with E-state index >= 15 is 0 Å². The zero-order valence-electron chi connectivity index (χ0n) is 13.8. The number of esters is 1. The topological polar surface area (TPSA) is 75.0 Å². The van der Waals surface area contributed by atoms with Gasteiger partial charge in [-0.1, -0.05) is 0 Å². The molecule has 0 saturated carbocycles. The van der Waals surface area contributed by atoms with Gasteiger partial charge in [0.25, 0.3) is 0 Å². The number of rotatable bonds is 3. The van der Waals surface area contributed by atoms with Crippen molar-refractivity contribution in [2.75, 3.05) is 21.3 Å². The molecule has 0 unspecified atom stereocenters. The molecule has 3 aromatic rings. The van der Waals surface area contributed by atoms with Crippen molar-refractivity contribution in [2.24, 2.45) is 0 Å². The van der Waals surface area contributed by atoms with E-state index in [0.29, 0.717) is 11.3 Å². The third kappa shape index (κ3) is 2.27. The second-order valence-electron chi connectivity index (χ2n) is 5.28. The molecule has 0 saturated heterocycles. The molecule has 0 aliphatic heterocycles. The Hall–Kier alpha value is -3.02. The zero-order valence-corrected chi connectivity index (χ0v) is 13.8. The van der Waals surface area contributed by atoms with Crippen molar-refractivity contribution >= 4 is 27.9 Å². The Labute approximate surface area is 137 Å². The van der Waals surface area contributed by atoms with Gasteiger partial charge < -0.3 is 18.6 Å². The van der Waals surface area contributed by atoms with E-state index in [1.807, 2.05) is 6.92 Å². The van der Waals surface area contributed by atoms with Gasteiger partial charge in [-0.05, 0) is 36.8 Å². The second kappa shape index (κ2) is 5.88. The van der Waals surface area contributed by atoms with E-state index in [0.717, 1.165) is 5.56 Å². The van der Waals surface area contributed by atoms with Crippen LogP contribution in [0.1, 0.15) is 15.9 Å². The van der Waals surface area contributed by atoms with E-state index in [1.54, 1.807) is 24.3 Å². The minimum Gasteiger partial charge on any atom is -0.496 e. The second-order valence-corrected chi connectivity index (χ2v) is 5.28. The Bertz CT molecular complexity index is 1020. The summed E-state index contributed by atoms with van der Waals surface area (Å²) in [6, 6.07) is 6.65. The summed E-state index contributed by atoms with van der Waals surface area (Å²) < 4.78 is 21.2. The number of aryl methyl sites for hydroxylation is 1. The Kier molecular flexibility index (Phi) is 3.89. The van der Waals surface area contributed by atoms with Gasteiger partial charge in [0.1, 0.15) is 33.6 Å². The molecule has 124 valence electrons.